The summed E-state index contributed by atoms with van der Waals surface area (Å²) in [5.74, 6) is -0.111. The third kappa shape index (κ3) is 7.31. The molecule has 0 bridgehead atoms. The molecule has 9 heteroatoms. The second-order valence-corrected chi connectivity index (χ2v) is 13.0. The third-order valence-corrected chi connectivity index (χ3v) is 9.81. The van der Waals surface area contributed by atoms with Crippen LogP contribution in [0.3, 0.4) is 0 Å². The van der Waals surface area contributed by atoms with Crippen LogP contribution in [0.1, 0.15) is 54.9 Å². The Bertz CT molecular complexity index is 1510. The molecule has 42 heavy (non-hydrogen) atoms. The highest BCUT2D eigenvalue weighted by atomic mass is 32.2. The number of methoxy groups -OCH3 is 1. The van der Waals surface area contributed by atoms with Crippen LogP contribution in [0.25, 0.3) is 0 Å². The van der Waals surface area contributed by atoms with Crippen molar-refractivity contribution in [2.75, 3.05) is 18.0 Å². The second-order valence-electron chi connectivity index (χ2n) is 11.1. The molecule has 1 N–H and O–H groups in total. The number of hydrogen-bond donors (Lipinski definition) is 1. The van der Waals surface area contributed by atoms with E-state index in [1.54, 1.807) is 50.4 Å². The molecule has 0 heterocycles. The van der Waals surface area contributed by atoms with Gasteiger partial charge in [0.25, 0.3) is 10.0 Å². The molecule has 1 saturated carbocycles. The molecule has 0 spiro atoms. The van der Waals surface area contributed by atoms with Crippen molar-refractivity contribution < 1.29 is 22.7 Å². The van der Waals surface area contributed by atoms with Crippen LogP contribution in [0.5, 0.6) is 5.75 Å². The minimum absolute atomic E-state index is 0.0858. The molecular weight excluding hydrogens is 550 g/mol. The van der Waals surface area contributed by atoms with E-state index in [1.165, 1.54) is 4.90 Å². The summed E-state index contributed by atoms with van der Waals surface area (Å²) in [6.45, 7) is 7.07. The maximum atomic E-state index is 14.2. The number of rotatable bonds is 11. The SMILES string of the molecule is COc1cccc(CN(C(=O)CN(c2ccc(C)c(C)c2)S(=O)(=O)c2ccc(C)cc2)C(C)C(=O)NC2CCCC2)c1. The Labute approximate surface area is 249 Å². The van der Waals surface area contributed by atoms with Gasteiger partial charge in [-0.15, -0.1) is 0 Å². The number of ether oxygens (including phenoxy) is 1. The number of amides is 2. The molecule has 2 amide bonds. The number of sulfonamides is 1. The van der Waals surface area contributed by atoms with Gasteiger partial charge in [-0.2, -0.15) is 0 Å². The van der Waals surface area contributed by atoms with Crippen molar-refractivity contribution in [3.05, 3.63) is 89.0 Å². The van der Waals surface area contributed by atoms with Crippen LogP contribution in [-0.4, -0.2) is 50.9 Å². The average molecular weight is 592 g/mol. The average Bonchev–Trinajstić information content (AvgIpc) is 3.49. The molecular formula is C33H41N3O5S. The Morgan fingerprint density at radius 3 is 2.29 bits per heavy atom. The number of aryl methyl sites for hydroxylation is 3. The summed E-state index contributed by atoms with van der Waals surface area (Å²) in [6, 6.07) is 18.5. The first-order valence-electron chi connectivity index (χ1n) is 14.4. The van der Waals surface area contributed by atoms with E-state index in [1.807, 2.05) is 51.1 Å². The number of carbonyl (C=O) groups is 2. The van der Waals surface area contributed by atoms with E-state index in [9.17, 15) is 18.0 Å². The van der Waals surface area contributed by atoms with Crippen LogP contribution in [0.2, 0.25) is 0 Å². The van der Waals surface area contributed by atoms with Crippen molar-refractivity contribution in [2.24, 2.45) is 0 Å². The molecule has 1 fully saturated rings. The third-order valence-electron chi connectivity index (χ3n) is 8.02. The van der Waals surface area contributed by atoms with Crippen molar-refractivity contribution in [3.63, 3.8) is 0 Å². The zero-order valence-electron chi connectivity index (χ0n) is 25.1. The summed E-state index contributed by atoms with van der Waals surface area (Å²) < 4.78 is 34.6. The Morgan fingerprint density at radius 1 is 0.952 bits per heavy atom. The summed E-state index contributed by atoms with van der Waals surface area (Å²) in [6.07, 6.45) is 3.95. The number of hydrogen-bond acceptors (Lipinski definition) is 5. The number of anilines is 1. The van der Waals surface area contributed by atoms with Gasteiger partial charge < -0.3 is 15.0 Å². The van der Waals surface area contributed by atoms with Gasteiger partial charge in [-0.1, -0.05) is 48.7 Å². The van der Waals surface area contributed by atoms with E-state index in [4.69, 9.17) is 4.74 Å². The van der Waals surface area contributed by atoms with E-state index in [0.29, 0.717) is 11.4 Å². The highest BCUT2D eigenvalue weighted by Crippen LogP contribution is 2.27. The Kier molecular flexibility index (Phi) is 9.93. The summed E-state index contributed by atoms with van der Waals surface area (Å²) in [5, 5.41) is 3.09. The fraction of sp³-hybridized carbons (Fsp3) is 0.394. The molecule has 0 saturated heterocycles. The molecule has 4 rings (SSSR count). The lowest BCUT2D eigenvalue weighted by Gasteiger charge is -2.32. The van der Waals surface area contributed by atoms with Crippen LogP contribution in [0, 0.1) is 20.8 Å². The van der Waals surface area contributed by atoms with E-state index < -0.39 is 28.5 Å². The smallest absolute Gasteiger partial charge is 0.264 e. The number of benzene rings is 3. The van der Waals surface area contributed by atoms with Gasteiger partial charge in [-0.3, -0.25) is 13.9 Å². The molecule has 1 unspecified atom stereocenters. The van der Waals surface area contributed by atoms with Gasteiger partial charge in [-0.05, 0) is 93.6 Å². The molecule has 1 aliphatic rings. The first-order chi connectivity index (χ1) is 20.0. The van der Waals surface area contributed by atoms with Crippen LogP contribution in [0.15, 0.2) is 71.6 Å². The fourth-order valence-corrected chi connectivity index (χ4v) is 6.60. The van der Waals surface area contributed by atoms with Gasteiger partial charge in [0, 0.05) is 12.6 Å². The van der Waals surface area contributed by atoms with Gasteiger partial charge in [0.15, 0.2) is 0 Å². The molecule has 224 valence electrons. The first kappa shape index (κ1) is 31.1. The van der Waals surface area contributed by atoms with Crippen molar-refractivity contribution in [3.8, 4) is 5.75 Å². The van der Waals surface area contributed by atoms with Crippen LogP contribution in [0.4, 0.5) is 5.69 Å². The number of carbonyl (C=O) groups excluding carboxylic acids is 2. The lowest BCUT2D eigenvalue weighted by Crippen LogP contribution is -2.52. The van der Waals surface area contributed by atoms with E-state index in [2.05, 4.69) is 5.32 Å². The Balaban J connectivity index is 1.71. The molecule has 3 aromatic rings. The van der Waals surface area contributed by atoms with Gasteiger partial charge in [-0.25, -0.2) is 8.42 Å². The normalized spacial score (nSPS) is 14.3. The van der Waals surface area contributed by atoms with Gasteiger partial charge in [0.1, 0.15) is 18.3 Å². The highest BCUT2D eigenvalue weighted by molar-refractivity contribution is 7.92. The Hall–Kier alpha value is -3.85. The molecule has 3 aromatic carbocycles. The molecule has 0 aliphatic heterocycles. The topological polar surface area (TPSA) is 96.0 Å². The van der Waals surface area contributed by atoms with Crippen molar-refractivity contribution in [2.45, 2.75) is 76.9 Å². The summed E-state index contributed by atoms with van der Waals surface area (Å²) in [7, 11) is -2.55. The van der Waals surface area contributed by atoms with Crippen LogP contribution < -0.4 is 14.4 Å². The van der Waals surface area contributed by atoms with Gasteiger partial charge >= 0.3 is 0 Å². The maximum absolute atomic E-state index is 14.2. The van der Waals surface area contributed by atoms with E-state index in [0.717, 1.165) is 52.2 Å². The fourth-order valence-electron chi connectivity index (χ4n) is 5.19. The predicted molar refractivity (Wildman–Crippen MR) is 165 cm³/mol. The lowest BCUT2D eigenvalue weighted by atomic mass is 10.1. The maximum Gasteiger partial charge on any atom is 0.264 e. The minimum Gasteiger partial charge on any atom is -0.497 e. The molecule has 0 aromatic heterocycles. The minimum atomic E-state index is -4.11. The zero-order valence-corrected chi connectivity index (χ0v) is 25.9. The molecule has 1 atom stereocenters. The Morgan fingerprint density at radius 2 is 1.64 bits per heavy atom. The second kappa shape index (κ2) is 13.4. The van der Waals surface area contributed by atoms with E-state index >= 15 is 0 Å². The van der Waals surface area contributed by atoms with Crippen LogP contribution >= 0.6 is 0 Å². The standard InChI is InChI=1S/C33H41N3O5S/c1-23-13-17-31(18-14-23)42(39,40)36(29-16-15-24(2)25(3)19-29)22-32(37)35(21-27-9-8-12-30(20-27)41-5)26(4)33(38)34-28-10-6-7-11-28/h8-9,12-20,26,28H,6-7,10-11,21-22H2,1-5H3,(H,34,38). The van der Waals surface area contributed by atoms with E-state index in [-0.39, 0.29) is 23.4 Å². The van der Waals surface area contributed by atoms with Gasteiger partial charge in [0.05, 0.1) is 17.7 Å². The van der Waals surface area contributed by atoms with Crippen molar-refractivity contribution in [1.82, 2.24) is 10.2 Å². The summed E-state index contributed by atoms with van der Waals surface area (Å²) >= 11 is 0. The van der Waals surface area contributed by atoms with Gasteiger partial charge in [0.2, 0.25) is 11.8 Å². The lowest BCUT2D eigenvalue weighted by molar-refractivity contribution is -0.139. The zero-order chi connectivity index (χ0) is 30.4. The molecule has 8 nitrogen and oxygen atoms in total. The molecule has 1 aliphatic carbocycles. The summed E-state index contributed by atoms with van der Waals surface area (Å²) in [5.41, 5.74) is 3.99. The van der Waals surface area contributed by atoms with Crippen LogP contribution in [-0.2, 0) is 26.2 Å². The summed E-state index contributed by atoms with van der Waals surface area (Å²) in [4.78, 5) is 29.1. The van der Waals surface area contributed by atoms with Crippen molar-refractivity contribution in [1.29, 1.82) is 0 Å². The number of nitrogens with one attached hydrogen (secondary N) is 1. The highest BCUT2D eigenvalue weighted by Gasteiger charge is 2.33. The monoisotopic (exact) mass is 591 g/mol. The molecule has 0 radical (unpaired) electrons. The predicted octanol–water partition coefficient (Wildman–Crippen LogP) is 5.29. The largest absolute Gasteiger partial charge is 0.497 e. The first-order valence-corrected chi connectivity index (χ1v) is 15.8. The van der Waals surface area contributed by atoms with Crippen molar-refractivity contribution >= 4 is 27.5 Å². The quantitative estimate of drug-likeness (QED) is 0.327. The number of nitrogens with zero attached hydrogens (tertiary/aromatic N) is 2.